The van der Waals surface area contributed by atoms with Gasteiger partial charge >= 0.3 is 0 Å². The normalized spacial score (nSPS) is 22.2. The van der Waals surface area contributed by atoms with Crippen LogP contribution in [-0.2, 0) is 0 Å². The van der Waals surface area contributed by atoms with Crippen LogP contribution in [-0.4, -0.2) is 31.1 Å². The maximum atomic E-state index is 6.40. The molecule has 2 unspecified atom stereocenters. The van der Waals surface area contributed by atoms with Crippen molar-refractivity contribution in [2.45, 2.75) is 51.1 Å². The molecule has 1 saturated heterocycles. The summed E-state index contributed by atoms with van der Waals surface area (Å²) >= 11 is 0. The predicted octanol–water partition coefficient (Wildman–Crippen LogP) is 3.35. The molecule has 0 amide bonds. The van der Waals surface area contributed by atoms with E-state index in [1.165, 1.54) is 44.2 Å². The van der Waals surface area contributed by atoms with Gasteiger partial charge in [0.2, 0.25) is 0 Å². The molecule has 1 aliphatic rings. The summed E-state index contributed by atoms with van der Waals surface area (Å²) < 4.78 is 5.20. The molecule has 0 spiro atoms. The van der Waals surface area contributed by atoms with E-state index < -0.39 is 0 Å². The Hall–Kier alpha value is -1.06. The van der Waals surface area contributed by atoms with E-state index in [1.54, 1.807) is 7.11 Å². The number of hydrogen-bond donors (Lipinski definition) is 1. The number of nitrogens with zero attached hydrogens (tertiary/aromatic N) is 1. The van der Waals surface area contributed by atoms with Crippen LogP contribution in [0.15, 0.2) is 24.3 Å². The molecule has 0 aromatic heterocycles. The Morgan fingerprint density at radius 2 is 2.00 bits per heavy atom. The van der Waals surface area contributed by atoms with Gasteiger partial charge in [0.05, 0.1) is 7.11 Å². The van der Waals surface area contributed by atoms with Gasteiger partial charge in [-0.25, -0.2) is 0 Å². The third kappa shape index (κ3) is 3.97. The first kappa shape index (κ1) is 15.3. The number of hydrogen-bond acceptors (Lipinski definition) is 3. The molecule has 0 radical (unpaired) electrons. The average Bonchev–Trinajstić information content (AvgIpc) is 2.72. The van der Waals surface area contributed by atoms with Crippen molar-refractivity contribution in [2.24, 2.45) is 5.73 Å². The van der Waals surface area contributed by atoms with Crippen LogP contribution >= 0.6 is 0 Å². The maximum absolute atomic E-state index is 6.40. The van der Waals surface area contributed by atoms with Crippen molar-refractivity contribution in [1.82, 2.24) is 4.90 Å². The first-order valence-electron chi connectivity index (χ1n) is 7.88. The summed E-state index contributed by atoms with van der Waals surface area (Å²) in [5.74, 6) is 0.891. The monoisotopic (exact) mass is 276 g/mol. The van der Waals surface area contributed by atoms with E-state index in [-0.39, 0.29) is 6.04 Å². The Balaban J connectivity index is 1.98. The fourth-order valence-corrected chi connectivity index (χ4v) is 3.15. The summed E-state index contributed by atoms with van der Waals surface area (Å²) in [5.41, 5.74) is 7.60. The number of methoxy groups -OCH3 is 1. The summed E-state index contributed by atoms with van der Waals surface area (Å²) in [6.07, 6.45) is 6.60. The summed E-state index contributed by atoms with van der Waals surface area (Å²) in [5, 5.41) is 0. The van der Waals surface area contributed by atoms with E-state index in [9.17, 15) is 0 Å². The molecule has 1 aromatic carbocycles. The zero-order chi connectivity index (χ0) is 14.4. The standard InChI is InChI=1S/C17H28N2O/c1-3-15-7-5-4-6-12-19(15)13-17(18)14-8-10-16(20-2)11-9-14/h8-11,15,17H,3-7,12-13,18H2,1-2H3. The number of benzene rings is 1. The molecule has 2 N–H and O–H groups in total. The molecule has 2 rings (SSSR count). The Bertz CT molecular complexity index is 390. The molecular formula is C17H28N2O. The van der Waals surface area contributed by atoms with E-state index in [0.29, 0.717) is 6.04 Å². The minimum absolute atomic E-state index is 0.0908. The minimum atomic E-state index is 0.0908. The van der Waals surface area contributed by atoms with Crippen molar-refractivity contribution in [3.63, 3.8) is 0 Å². The van der Waals surface area contributed by atoms with Gasteiger partial charge in [0.1, 0.15) is 5.75 Å². The van der Waals surface area contributed by atoms with Gasteiger partial charge in [0.15, 0.2) is 0 Å². The lowest BCUT2D eigenvalue weighted by Crippen LogP contribution is -2.39. The first-order valence-corrected chi connectivity index (χ1v) is 7.88. The van der Waals surface area contributed by atoms with Crippen LogP contribution in [0.2, 0.25) is 0 Å². The van der Waals surface area contributed by atoms with Crippen molar-refractivity contribution < 1.29 is 4.74 Å². The number of nitrogens with two attached hydrogens (primary N) is 1. The van der Waals surface area contributed by atoms with Crippen molar-refractivity contribution >= 4 is 0 Å². The zero-order valence-electron chi connectivity index (χ0n) is 12.8. The molecule has 0 bridgehead atoms. The second kappa shape index (κ2) is 7.65. The van der Waals surface area contributed by atoms with E-state index in [2.05, 4.69) is 24.0 Å². The maximum Gasteiger partial charge on any atom is 0.118 e. The molecule has 3 heteroatoms. The van der Waals surface area contributed by atoms with Crippen molar-refractivity contribution in [1.29, 1.82) is 0 Å². The molecule has 1 fully saturated rings. The summed E-state index contributed by atoms with van der Waals surface area (Å²) in [7, 11) is 1.69. The van der Waals surface area contributed by atoms with Gasteiger partial charge in [-0.05, 0) is 43.5 Å². The second-order valence-corrected chi connectivity index (χ2v) is 5.79. The van der Waals surface area contributed by atoms with Crippen LogP contribution in [0.5, 0.6) is 5.75 Å². The van der Waals surface area contributed by atoms with Gasteiger partial charge < -0.3 is 10.5 Å². The van der Waals surface area contributed by atoms with Crippen molar-refractivity contribution in [3.05, 3.63) is 29.8 Å². The molecule has 3 nitrogen and oxygen atoms in total. The van der Waals surface area contributed by atoms with Gasteiger partial charge in [0.25, 0.3) is 0 Å². The fourth-order valence-electron chi connectivity index (χ4n) is 3.15. The number of rotatable bonds is 5. The fraction of sp³-hybridized carbons (Fsp3) is 0.647. The van der Waals surface area contributed by atoms with Crippen molar-refractivity contribution in [3.8, 4) is 5.75 Å². The van der Waals surface area contributed by atoms with Gasteiger partial charge in [-0.15, -0.1) is 0 Å². The molecule has 1 aliphatic heterocycles. The van der Waals surface area contributed by atoms with Crippen LogP contribution in [0.3, 0.4) is 0 Å². The highest BCUT2D eigenvalue weighted by Crippen LogP contribution is 2.23. The second-order valence-electron chi connectivity index (χ2n) is 5.79. The lowest BCUT2D eigenvalue weighted by molar-refractivity contribution is 0.183. The Kier molecular flexibility index (Phi) is 5.86. The van der Waals surface area contributed by atoms with Crippen LogP contribution in [0.4, 0.5) is 0 Å². The molecule has 2 atom stereocenters. The molecule has 1 heterocycles. The average molecular weight is 276 g/mol. The molecule has 0 aliphatic carbocycles. The number of ether oxygens (including phenoxy) is 1. The Labute approximate surface area is 123 Å². The lowest BCUT2D eigenvalue weighted by Gasteiger charge is -2.31. The topological polar surface area (TPSA) is 38.5 Å². The van der Waals surface area contributed by atoms with E-state index in [1.807, 2.05) is 12.1 Å². The van der Waals surface area contributed by atoms with Crippen LogP contribution < -0.4 is 10.5 Å². The predicted molar refractivity (Wildman–Crippen MR) is 84.0 cm³/mol. The Morgan fingerprint density at radius 1 is 1.25 bits per heavy atom. The van der Waals surface area contributed by atoms with Gasteiger partial charge in [-0.1, -0.05) is 31.9 Å². The smallest absolute Gasteiger partial charge is 0.118 e. The van der Waals surface area contributed by atoms with E-state index in [0.717, 1.165) is 12.3 Å². The third-order valence-electron chi connectivity index (χ3n) is 4.45. The lowest BCUT2D eigenvalue weighted by atomic mass is 10.0. The SMILES string of the molecule is CCC1CCCCCN1CC(N)c1ccc(OC)cc1. The van der Waals surface area contributed by atoms with E-state index in [4.69, 9.17) is 10.5 Å². The Morgan fingerprint density at radius 3 is 2.65 bits per heavy atom. The highest BCUT2D eigenvalue weighted by Gasteiger charge is 2.21. The van der Waals surface area contributed by atoms with Gasteiger partial charge in [0, 0.05) is 18.6 Å². The molecule has 1 aromatic rings. The molecular weight excluding hydrogens is 248 g/mol. The third-order valence-corrected chi connectivity index (χ3v) is 4.45. The zero-order valence-corrected chi connectivity index (χ0v) is 12.8. The van der Waals surface area contributed by atoms with Gasteiger partial charge in [-0.2, -0.15) is 0 Å². The number of likely N-dealkylation sites (tertiary alicyclic amines) is 1. The highest BCUT2D eigenvalue weighted by atomic mass is 16.5. The summed E-state index contributed by atoms with van der Waals surface area (Å²) in [6, 6.07) is 8.96. The largest absolute Gasteiger partial charge is 0.497 e. The first-order chi connectivity index (χ1) is 9.74. The van der Waals surface area contributed by atoms with Crippen LogP contribution in [0, 0.1) is 0 Å². The van der Waals surface area contributed by atoms with Crippen LogP contribution in [0.1, 0.15) is 50.6 Å². The van der Waals surface area contributed by atoms with E-state index >= 15 is 0 Å². The van der Waals surface area contributed by atoms with Crippen molar-refractivity contribution in [2.75, 3.05) is 20.2 Å². The summed E-state index contributed by atoms with van der Waals surface area (Å²) in [4.78, 5) is 2.60. The highest BCUT2D eigenvalue weighted by molar-refractivity contribution is 5.29. The molecule has 112 valence electrons. The van der Waals surface area contributed by atoms with Crippen LogP contribution in [0.25, 0.3) is 0 Å². The molecule has 20 heavy (non-hydrogen) atoms. The minimum Gasteiger partial charge on any atom is -0.497 e. The summed E-state index contributed by atoms with van der Waals surface area (Å²) in [6.45, 7) is 4.45. The van der Waals surface area contributed by atoms with Gasteiger partial charge in [-0.3, -0.25) is 4.90 Å². The quantitative estimate of drug-likeness (QED) is 0.896. The molecule has 0 saturated carbocycles.